The lowest BCUT2D eigenvalue weighted by molar-refractivity contribution is -0.129. The number of carbonyl (C=O) groups is 2. The molecule has 0 spiro atoms. The van der Waals surface area contributed by atoms with E-state index >= 15 is 0 Å². The van der Waals surface area contributed by atoms with E-state index in [-0.39, 0.29) is 23.8 Å². The highest BCUT2D eigenvalue weighted by atomic mass is 16.2. The van der Waals surface area contributed by atoms with Crippen LogP contribution in [-0.4, -0.2) is 45.8 Å². The maximum Gasteiger partial charge on any atom is 0.254 e. The first-order valence-electron chi connectivity index (χ1n) is 7.94. The Morgan fingerprint density at radius 2 is 2.05 bits per heavy atom. The highest BCUT2D eigenvalue weighted by Crippen LogP contribution is 2.37. The molecule has 0 unspecified atom stereocenters. The zero-order valence-corrected chi connectivity index (χ0v) is 13.1. The van der Waals surface area contributed by atoms with Gasteiger partial charge in [0.25, 0.3) is 5.91 Å². The fourth-order valence-corrected chi connectivity index (χ4v) is 2.79. The summed E-state index contributed by atoms with van der Waals surface area (Å²) >= 11 is 0. The van der Waals surface area contributed by atoms with E-state index < -0.39 is 0 Å². The zero-order chi connectivity index (χ0) is 15.7. The van der Waals surface area contributed by atoms with Crippen molar-refractivity contribution in [3.8, 4) is 0 Å². The molecule has 1 aromatic heterocycles. The van der Waals surface area contributed by atoms with E-state index in [1.165, 1.54) is 0 Å². The number of rotatable bonds is 5. The summed E-state index contributed by atoms with van der Waals surface area (Å²) < 4.78 is 0. The van der Waals surface area contributed by atoms with Crippen LogP contribution in [0.25, 0.3) is 0 Å². The van der Waals surface area contributed by atoms with Gasteiger partial charge in [0.2, 0.25) is 5.91 Å². The molecular weight excluding hydrogens is 280 g/mol. The standard InChI is InChI=1S/C16H22N4O2/c1-10(2)20-9-11(5-14(20)21)6-19-16(22)13-7-17-15(18-8-13)12-3-4-12/h7-8,10-12H,3-6,9H2,1-2H3,(H,19,22)/t11-/m0/s1. The van der Waals surface area contributed by atoms with Crippen molar-refractivity contribution in [3.05, 3.63) is 23.8 Å². The lowest BCUT2D eigenvalue weighted by atomic mass is 10.1. The van der Waals surface area contributed by atoms with Crippen LogP contribution in [0.15, 0.2) is 12.4 Å². The normalized spacial score (nSPS) is 21.5. The summed E-state index contributed by atoms with van der Waals surface area (Å²) in [6.45, 7) is 5.25. The fourth-order valence-electron chi connectivity index (χ4n) is 2.79. The average Bonchev–Trinajstić information content (AvgIpc) is 3.28. The number of amides is 2. The summed E-state index contributed by atoms with van der Waals surface area (Å²) in [5, 5.41) is 2.89. The van der Waals surface area contributed by atoms with Crippen LogP contribution < -0.4 is 5.32 Å². The van der Waals surface area contributed by atoms with E-state index in [1.54, 1.807) is 12.4 Å². The van der Waals surface area contributed by atoms with Crippen LogP contribution in [0.3, 0.4) is 0 Å². The highest BCUT2D eigenvalue weighted by molar-refractivity contribution is 5.93. The number of likely N-dealkylation sites (tertiary alicyclic amines) is 1. The van der Waals surface area contributed by atoms with Gasteiger partial charge in [-0.15, -0.1) is 0 Å². The lowest BCUT2D eigenvalue weighted by Gasteiger charge is -2.21. The van der Waals surface area contributed by atoms with E-state index in [1.807, 2.05) is 18.7 Å². The van der Waals surface area contributed by atoms with E-state index in [0.29, 0.717) is 31.0 Å². The van der Waals surface area contributed by atoms with Crippen LogP contribution in [0, 0.1) is 5.92 Å². The summed E-state index contributed by atoms with van der Waals surface area (Å²) in [6.07, 6.45) is 5.99. The molecule has 2 fully saturated rings. The summed E-state index contributed by atoms with van der Waals surface area (Å²) in [5.74, 6) is 1.52. The third kappa shape index (κ3) is 3.26. The summed E-state index contributed by atoms with van der Waals surface area (Å²) in [6, 6.07) is 0.219. The molecule has 0 bridgehead atoms. The SMILES string of the molecule is CC(C)N1C[C@H](CNC(=O)c2cnc(C3CC3)nc2)CC1=O. The Balaban J connectivity index is 1.51. The predicted octanol–water partition coefficient (Wildman–Crippen LogP) is 1.34. The Labute approximate surface area is 130 Å². The summed E-state index contributed by atoms with van der Waals surface area (Å²) in [7, 11) is 0. The lowest BCUT2D eigenvalue weighted by Crippen LogP contribution is -2.34. The highest BCUT2D eigenvalue weighted by Gasteiger charge is 2.31. The summed E-state index contributed by atoms with van der Waals surface area (Å²) in [4.78, 5) is 34.3. The molecule has 6 heteroatoms. The third-order valence-electron chi connectivity index (χ3n) is 4.29. The fraction of sp³-hybridized carbons (Fsp3) is 0.625. The van der Waals surface area contributed by atoms with Gasteiger partial charge in [-0.25, -0.2) is 9.97 Å². The molecule has 22 heavy (non-hydrogen) atoms. The number of hydrogen-bond donors (Lipinski definition) is 1. The van der Waals surface area contributed by atoms with E-state index in [9.17, 15) is 9.59 Å². The van der Waals surface area contributed by atoms with Gasteiger partial charge in [-0.3, -0.25) is 9.59 Å². The Morgan fingerprint density at radius 1 is 1.36 bits per heavy atom. The van der Waals surface area contributed by atoms with Crippen molar-refractivity contribution in [2.45, 2.75) is 45.1 Å². The first-order chi connectivity index (χ1) is 10.5. The summed E-state index contributed by atoms with van der Waals surface area (Å²) in [5.41, 5.74) is 0.481. The van der Waals surface area contributed by atoms with Crippen LogP contribution in [-0.2, 0) is 4.79 Å². The van der Waals surface area contributed by atoms with E-state index in [2.05, 4.69) is 15.3 Å². The Hall–Kier alpha value is -1.98. The third-order valence-corrected chi connectivity index (χ3v) is 4.29. The second-order valence-electron chi connectivity index (χ2n) is 6.52. The van der Waals surface area contributed by atoms with Gasteiger partial charge in [-0.2, -0.15) is 0 Å². The number of nitrogens with one attached hydrogen (secondary N) is 1. The number of aromatic nitrogens is 2. The van der Waals surface area contributed by atoms with Crippen molar-refractivity contribution >= 4 is 11.8 Å². The van der Waals surface area contributed by atoms with Crippen molar-refractivity contribution in [1.29, 1.82) is 0 Å². The molecule has 0 aromatic carbocycles. The molecule has 1 saturated carbocycles. The second-order valence-corrected chi connectivity index (χ2v) is 6.52. The molecule has 1 atom stereocenters. The molecule has 1 aliphatic heterocycles. The van der Waals surface area contributed by atoms with Gasteiger partial charge in [0.15, 0.2) is 0 Å². The quantitative estimate of drug-likeness (QED) is 0.890. The topological polar surface area (TPSA) is 75.2 Å². The van der Waals surface area contributed by atoms with Crippen molar-refractivity contribution < 1.29 is 9.59 Å². The van der Waals surface area contributed by atoms with Crippen molar-refractivity contribution in [1.82, 2.24) is 20.2 Å². The molecule has 2 amide bonds. The van der Waals surface area contributed by atoms with Gasteiger partial charge >= 0.3 is 0 Å². The zero-order valence-electron chi connectivity index (χ0n) is 13.1. The monoisotopic (exact) mass is 302 g/mol. The van der Waals surface area contributed by atoms with Gasteiger partial charge in [0.1, 0.15) is 5.82 Å². The minimum absolute atomic E-state index is 0.169. The van der Waals surface area contributed by atoms with E-state index in [4.69, 9.17) is 0 Å². The molecule has 2 aliphatic rings. The number of nitrogens with zero attached hydrogens (tertiary/aromatic N) is 3. The van der Waals surface area contributed by atoms with Crippen LogP contribution in [0.2, 0.25) is 0 Å². The number of hydrogen-bond acceptors (Lipinski definition) is 4. The molecule has 1 N–H and O–H groups in total. The maximum atomic E-state index is 12.1. The molecule has 3 rings (SSSR count). The molecule has 1 aromatic rings. The second kappa shape index (κ2) is 6.02. The minimum Gasteiger partial charge on any atom is -0.352 e. The van der Waals surface area contributed by atoms with Gasteiger partial charge < -0.3 is 10.2 Å². The molecule has 2 heterocycles. The van der Waals surface area contributed by atoms with Gasteiger partial charge in [0, 0.05) is 49.8 Å². The smallest absolute Gasteiger partial charge is 0.254 e. The van der Waals surface area contributed by atoms with Gasteiger partial charge in [-0.05, 0) is 26.7 Å². The Morgan fingerprint density at radius 3 is 2.59 bits per heavy atom. The molecule has 0 radical (unpaired) electrons. The van der Waals surface area contributed by atoms with Gasteiger partial charge in [0.05, 0.1) is 5.56 Å². The largest absolute Gasteiger partial charge is 0.352 e. The molecule has 1 saturated heterocycles. The van der Waals surface area contributed by atoms with Crippen molar-refractivity contribution in [3.63, 3.8) is 0 Å². The molecule has 118 valence electrons. The van der Waals surface area contributed by atoms with Crippen molar-refractivity contribution in [2.75, 3.05) is 13.1 Å². The molecule has 6 nitrogen and oxygen atoms in total. The van der Waals surface area contributed by atoms with Gasteiger partial charge in [-0.1, -0.05) is 0 Å². The molecular formula is C16H22N4O2. The maximum absolute atomic E-state index is 12.1. The molecule has 1 aliphatic carbocycles. The minimum atomic E-state index is -0.169. The van der Waals surface area contributed by atoms with Crippen molar-refractivity contribution in [2.24, 2.45) is 5.92 Å². The van der Waals surface area contributed by atoms with Crippen LogP contribution in [0.5, 0.6) is 0 Å². The van der Waals surface area contributed by atoms with Crippen LogP contribution in [0.4, 0.5) is 0 Å². The predicted molar refractivity (Wildman–Crippen MR) is 81.3 cm³/mol. The number of carbonyl (C=O) groups excluding carboxylic acids is 2. The van der Waals surface area contributed by atoms with Crippen LogP contribution in [0.1, 0.15) is 55.2 Å². The Kier molecular flexibility index (Phi) is 4.09. The first-order valence-corrected chi connectivity index (χ1v) is 7.94. The van der Waals surface area contributed by atoms with Crippen LogP contribution >= 0.6 is 0 Å². The average molecular weight is 302 g/mol. The Bertz CT molecular complexity index is 566. The van der Waals surface area contributed by atoms with E-state index in [0.717, 1.165) is 18.7 Å². The first kappa shape index (κ1) is 14.9.